The molecule has 0 saturated carbocycles. The van der Waals surface area contributed by atoms with Crippen molar-refractivity contribution in [3.8, 4) is 29.0 Å². The van der Waals surface area contributed by atoms with Crippen LogP contribution in [0.3, 0.4) is 0 Å². The zero-order valence-electron chi connectivity index (χ0n) is 15.6. The average molecular weight is 415 g/mol. The fraction of sp³-hybridized carbons (Fsp3) is 0.263. The van der Waals surface area contributed by atoms with Crippen LogP contribution in [0.15, 0.2) is 22.9 Å². The number of ether oxygens (including phenoxy) is 1. The van der Waals surface area contributed by atoms with E-state index in [9.17, 15) is 18.7 Å². The Bertz CT molecular complexity index is 1210. The van der Waals surface area contributed by atoms with Crippen LogP contribution >= 0.6 is 0 Å². The molecule has 3 aromatic rings. The largest absolute Gasteiger partial charge is 0.491 e. The van der Waals surface area contributed by atoms with E-state index in [1.165, 1.54) is 19.2 Å². The number of nitrogens with zero attached hydrogens (tertiary/aromatic N) is 4. The first-order chi connectivity index (χ1) is 14.3. The molecule has 1 aliphatic rings. The highest BCUT2D eigenvalue weighted by molar-refractivity contribution is 5.91. The van der Waals surface area contributed by atoms with E-state index in [2.05, 4.69) is 27.0 Å². The van der Waals surface area contributed by atoms with E-state index in [4.69, 9.17) is 15.0 Å². The van der Waals surface area contributed by atoms with Crippen LogP contribution in [0.1, 0.15) is 27.8 Å². The second-order valence-electron chi connectivity index (χ2n) is 6.56. The zero-order valence-corrected chi connectivity index (χ0v) is 15.6. The van der Waals surface area contributed by atoms with Crippen molar-refractivity contribution < 1.29 is 27.9 Å². The van der Waals surface area contributed by atoms with Crippen molar-refractivity contribution in [2.45, 2.75) is 19.1 Å². The van der Waals surface area contributed by atoms with Gasteiger partial charge in [0.1, 0.15) is 36.4 Å². The SMILES string of the molecule is Cc1nc([C@](O)(C#Cc2cc3c(cc2F)OCCn2cc(C(N)=O)nc2-3)CF)no1. The highest BCUT2D eigenvalue weighted by Crippen LogP contribution is 2.34. The molecule has 0 aliphatic carbocycles. The quantitative estimate of drug-likeness (QED) is 0.613. The molecule has 0 spiro atoms. The number of rotatable bonds is 3. The molecular weight excluding hydrogens is 400 g/mol. The number of imidazole rings is 1. The Morgan fingerprint density at radius 1 is 1.43 bits per heavy atom. The van der Waals surface area contributed by atoms with Crippen LogP contribution in [0, 0.1) is 24.6 Å². The first-order valence-electron chi connectivity index (χ1n) is 8.77. The Kier molecular flexibility index (Phi) is 4.71. The number of aryl methyl sites for hydroxylation is 1. The molecule has 0 bridgehead atoms. The van der Waals surface area contributed by atoms with E-state index in [0.29, 0.717) is 17.9 Å². The number of hydrogen-bond donors (Lipinski definition) is 2. The summed E-state index contributed by atoms with van der Waals surface area (Å²) in [7, 11) is 0. The van der Waals surface area contributed by atoms with Gasteiger partial charge in [0, 0.05) is 19.2 Å². The minimum absolute atomic E-state index is 0.0501. The second-order valence-corrected chi connectivity index (χ2v) is 6.56. The van der Waals surface area contributed by atoms with Gasteiger partial charge in [-0.2, -0.15) is 4.98 Å². The minimum Gasteiger partial charge on any atom is -0.491 e. The summed E-state index contributed by atoms with van der Waals surface area (Å²) in [5.74, 6) is 3.53. The summed E-state index contributed by atoms with van der Waals surface area (Å²) >= 11 is 0. The van der Waals surface area contributed by atoms with E-state index in [0.717, 1.165) is 6.07 Å². The van der Waals surface area contributed by atoms with Crippen LogP contribution in [-0.4, -0.2) is 44.0 Å². The lowest BCUT2D eigenvalue weighted by Gasteiger charge is -2.13. The number of benzene rings is 1. The maximum absolute atomic E-state index is 14.6. The number of halogens is 2. The van der Waals surface area contributed by atoms with Crippen LogP contribution in [0.2, 0.25) is 0 Å². The Morgan fingerprint density at radius 2 is 2.23 bits per heavy atom. The summed E-state index contributed by atoms with van der Waals surface area (Å²) < 4.78 is 40.0. The lowest BCUT2D eigenvalue weighted by molar-refractivity contribution is 0.0586. The average Bonchev–Trinajstić information content (AvgIpc) is 3.30. The van der Waals surface area contributed by atoms with Gasteiger partial charge < -0.3 is 24.7 Å². The molecule has 3 heterocycles. The lowest BCUT2D eigenvalue weighted by atomic mass is 10.0. The van der Waals surface area contributed by atoms with Crippen LogP contribution in [0.5, 0.6) is 5.75 Å². The first kappa shape index (κ1) is 19.5. The number of aromatic nitrogens is 4. The maximum atomic E-state index is 14.6. The smallest absolute Gasteiger partial charge is 0.268 e. The third kappa shape index (κ3) is 3.37. The van der Waals surface area contributed by atoms with Gasteiger partial charge in [-0.1, -0.05) is 17.0 Å². The molecule has 1 amide bonds. The van der Waals surface area contributed by atoms with Gasteiger partial charge in [-0.05, 0) is 6.07 Å². The van der Waals surface area contributed by atoms with Crippen molar-refractivity contribution in [1.29, 1.82) is 0 Å². The molecule has 154 valence electrons. The number of fused-ring (bicyclic) bond motifs is 3. The van der Waals surface area contributed by atoms with Gasteiger partial charge in [-0.25, -0.2) is 13.8 Å². The highest BCUT2D eigenvalue weighted by atomic mass is 19.1. The topological polar surface area (TPSA) is 129 Å². The zero-order chi connectivity index (χ0) is 21.5. The third-order valence-electron chi connectivity index (χ3n) is 4.42. The number of aliphatic hydroxyl groups is 1. The van der Waals surface area contributed by atoms with Crippen molar-refractivity contribution in [1.82, 2.24) is 19.7 Å². The summed E-state index contributed by atoms with van der Waals surface area (Å²) in [6.45, 7) is 0.724. The molecule has 9 nitrogen and oxygen atoms in total. The van der Waals surface area contributed by atoms with Crippen molar-refractivity contribution in [3.63, 3.8) is 0 Å². The van der Waals surface area contributed by atoms with E-state index < -0.39 is 24.0 Å². The molecule has 1 aliphatic heterocycles. The molecule has 11 heteroatoms. The van der Waals surface area contributed by atoms with E-state index in [1.54, 1.807) is 4.57 Å². The lowest BCUT2D eigenvalue weighted by Crippen LogP contribution is -2.28. The number of amides is 1. The summed E-state index contributed by atoms with van der Waals surface area (Å²) in [4.78, 5) is 19.4. The molecule has 1 aromatic carbocycles. The van der Waals surface area contributed by atoms with Crippen molar-refractivity contribution in [2.75, 3.05) is 13.3 Å². The Balaban J connectivity index is 1.80. The fourth-order valence-electron chi connectivity index (χ4n) is 2.91. The molecule has 0 fully saturated rings. The van der Waals surface area contributed by atoms with Crippen LogP contribution in [0.25, 0.3) is 11.4 Å². The van der Waals surface area contributed by atoms with Gasteiger partial charge in [-0.15, -0.1) is 0 Å². The summed E-state index contributed by atoms with van der Waals surface area (Å²) in [5, 5.41) is 13.9. The Labute approximate surface area is 168 Å². The van der Waals surface area contributed by atoms with Gasteiger partial charge >= 0.3 is 0 Å². The standard InChI is InChI=1S/C19H15F2N5O4/c1-10-23-18(25-30-10)19(28,9-20)3-2-11-6-12-15(7-13(11)21)29-5-4-26-8-14(16(22)27)24-17(12)26/h6-8,28H,4-5,9H2,1H3,(H2,22,27)/t19-/m0/s1. The van der Waals surface area contributed by atoms with Crippen LogP contribution in [-0.2, 0) is 12.1 Å². The van der Waals surface area contributed by atoms with Gasteiger partial charge in [-0.3, -0.25) is 4.79 Å². The molecule has 0 unspecified atom stereocenters. The maximum Gasteiger partial charge on any atom is 0.268 e. The number of alkyl halides is 1. The Hall–Kier alpha value is -3.78. The fourth-order valence-corrected chi connectivity index (χ4v) is 2.91. The van der Waals surface area contributed by atoms with Gasteiger partial charge in [0.05, 0.1) is 17.7 Å². The van der Waals surface area contributed by atoms with E-state index >= 15 is 0 Å². The third-order valence-corrected chi connectivity index (χ3v) is 4.42. The Morgan fingerprint density at radius 3 is 2.90 bits per heavy atom. The van der Waals surface area contributed by atoms with Crippen molar-refractivity contribution in [2.24, 2.45) is 5.73 Å². The van der Waals surface area contributed by atoms with E-state index in [-0.39, 0.29) is 35.3 Å². The highest BCUT2D eigenvalue weighted by Gasteiger charge is 2.33. The number of primary amides is 1. The van der Waals surface area contributed by atoms with Gasteiger partial charge in [0.2, 0.25) is 17.3 Å². The summed E-state index contributed by atoms with van der Waals surface area (Å²) in [6, 6.07) is 2.45. The number of carbonyl (C=O) groups is 1. The monoisotopic (exact) mass is 415 g/mol. The molecule has 2 aromatic heterocycles. The summed E-state index contributed by atoms with van der Waals surface area (Å²) in [6.07, 6.45) is 1.48. The molecule has 0 radical (unpaired) electrons. The van der Waals surface area contributed by atoms with Crippen molar-refractivity contribution in [3.05, 3.63) is 47.1 Å². The van der Waals surface area contributed by atoms with Crippen LogP contribution in [0.4, 0.5) is 8.78 Å². The molecule has 1 atom stereocenters. The minimum atomic E-state index is -2.37. The van der Waals surface area contributed by atoms with Crippen molar-refractivity contribution >= 4 is 5.91 Å². The predicted molar refractivity (Wildman–Crippen MR) is 97.4 cm³/mol. The molecule has 0 saturated heterocycles. The molecule has 3 N–H and O–H groups in total. The number of carbonyl (C=O) groups excluding carboxylic acids is 1. The molecular formula is C19H15F2N5O4. The normalized spacial score (nSPS) is 14.4. The predicted octanol–water partition coefficient (Wildman–Crippen LogP) is 1.08. The molecule has 4 rings (SSSR count). The number of hydrogen-bond acceptors (Lipinski definition) is 7. The van der Waals surface area contributed by atoms with E-state index in [1.807, 2.05) is 0 Å². The molecule has 30 heavy (non-hydrogen) atoms. The van der Waals surface area contributed by atoms with Gasteiger partial charge in [0.25, 0.3) is 5.91 Å². The second kappa shape index (κ2) is 7.23. The van der Waals surface area contributed by atoms with Gasteiger partial charge in [0.15, 0.2) is 0 Å². The number of nitrogens with two attached hydrogens (primary N) is 1. The van der Waals surface area contributed by atoms with Crippen LogP contribution < -0.4 is 10.5 Å². The first-order valence-corrected chi connectivity index (χ1v) is 8.77. The summed E-state index contributed by atoms with van der Waals surface area (Å²) in [5.41, 5.74) is 3.19.